The van der Waals surface area contributed by atoms with Crippen LogP contribution in [0, 0.1) is 0 Å². The van der Waals surface area contributed by atoms with Crippen LogP contribution >= 0.6 is 0 Å². The minimum atomic E-state index is -4.24. The third-order valence-electron chi connectivity index (χ3n) is 2.22. The summed E-state index contributed by atoms with van der Waals surface area (Å²) in [5.74, 6) is -1.21. The summed E-state index contributed by atoms with van der Waals surface area (Å²) >= 11 is 0. The summed E-state index contributed by atoms with van der Waals surface area (Å²) in [6, 6.07) is 8.12. The van der Waals surface area contributed by atoms with Crippen molar-refractivity contribution in [3.63, 3.8) is 0 Å². The van der Waals surface area contributed by atoms with E-state index in [-0.39, 0.29) is 13.0 Å². The third-order valence-corrected chi connectivity index (χ3v) is 2.22. The lowest BCUT2D eigenvalue weighted by Gasteiger charge is -2.14. The zero-order valence-corrected chi connectivity index (χ0v) is 9.48. The van der Waals surface area contributed by atoms with Crippen molar-refractivity contribution in [3.05, 3.63) is 35.9 Å². The highest BCUT2D eigenvalue weighted by molar-refractivity contribution is 5.74. The Bertz CT molecular complexity index is 376. The molecule has 100 valence electrons. The molecule has 0 saturated heterocycles. The van der Waals surface area contributed by atoms with Gasteiger partial charge in [-0.15, -0.1) is 0 Å². The molecule has 0 heterocycles. The molecule has 18 heavy (non-hydrogen) atoms. The average molecular weight is 262 g/mol. The zero-order valence-electron chi connectivity index (χ0n) is 9.48. The highest BCUT2D eigenvalue weighted by Crippen LogP contribution is 2.23. The van der Waals surface area contributed by atoms with Crippen LogP contribution in [0.3, 0.4) is 0 Å². The van der Waals surface area contributed by atoms with Crippen LogP contribution in [0.4, 0.5) is 13.2 Å². The first-order valence-corrected chi connectivity index (χ1v) is 5.36. The van der Waals surface area contributed by atoms with Gasteiger partial charge in [-0.3, -0.25) is 0 Å². The van der Waals surface area contributed by atoms with E-state index < -0.39 is 24.7 Å². The van der Waals surface area contributed by atoms with Crippen LogP contribution < -0.4 is 0 Å². The van der Waals surface area contributed by atoms with E-state index in [1.54, 1.807) is 30.3 Å². The van der Waals surface area contributed by atoms with E-state index in [9.17, 15) is 18.0 Å². The maximum atomic E-state index is 11.9. The topological polar surface area (TPSA) is 46.5 Å². The molecule has 3 nitrogen and oxygen atoms in total. The van der Waals surface area contributed by atoms with Gasteiger partial charge < -0.3 is 9.84 Å². The smallest absolute Gasteiger partial charge is 0.389 e. The molecular weight excluding hydrogens is 249 g/mol. The molecule has 6 heteroatoms. The fourth-order valence-electron chi connectivity index (χ4n) is 1.41. The van der Waals surface area contributed by atoms with E-state index >= 15 is 0 Å². The Kier molecular flexibility index (Phi) is 5.15. The number of alkyl halides is 3. The number of halogens is 3. The first kappa shape index (κ1) is 14.5. The molecule has 1 unspecified atom stereocenters. The first-order valence-electron chi connectivity index (χ1n) is 5.36. The molecule has 1 atom stereocenters. The van der Waals surface area contributed by atoms with Crippen LogP contribution in [-0.2, 0) is 9.53 Å². The second-order valence-electron chi connectivity index (χ2n) is 3.72. The number of ether oxygens (including phenoxy) is 1. The Morgan fingerprint density at radius 2 is 1.89 bits per heavy atom. The van der Waals surface area contributed by atoms with Gasteiger partial charge in [0.15, 0.2) is 6.10 Å². The van der Waals surface area contributed by atoms with Gasteiger partial charge in [0, 0.05) is 13.0 Å². The average Bonchev–Trinajstić information content (AvgIpc) is 2.28. The summed E-state index contributed by atoms with van der Waals surface area (Å²) in [7, 11) is 0. The summed E-state index contributed by atoms with van der Waals surface area (Å²) in [5.41, 5.74) is 0.414. The molecule has 0 aliphatic heterocycles. The van der Waals surface area contributed by atoms with Crippen molar-refractivity contribution in [2.75, 3.05) is 6.61 Å². The van der Waals surface area contributed by atoms with Crippen molar-refractivity contribution in [1.29, 1.82) is 0 Å². The van der Waals surface area contributed by atoms with Gasteiger partial charge in [-0.05, 0) is 12.0 Å². The molecule has 0 bridgehead atoms. The molecule has 1 aromatic rings. The van der Waals surface area contributed by atoms with E-state index in [1.165, 1.54) is 0 Å². The maximum absolute atomic E-state index is 11.9. The van der Waals surface area contributed by atoms with Gasteiger partial charge in [-0.2, -0.15) is 13.2 Å². The van der Waals surface area contributed by atoms with Crippen molar-refractivity contribution in [3.8, 4) is 0 Å². The highest BCUT2D eigenvalue weighted by Gasteiger charge is 2.27. The van der Waals surface area contributed by atoms with Crippen LogP contribution in [0.2, 0.25) is 0 Å². The molecule has 0 fully saturated rings. The van der Waals surface area contributed by atoms with Gasteiger partial charge in [0.25, 0.3) is 0 Å². The van der Waals surface area contributed by atoms with E-state index in [0.29, 0.717) is 5.56 Å². The lowest BCUT2D eigenvalue weighted by Crippen LogP contribution is -2.17. The van der Waals surface area contributed by atoms with Crippen LogP contribution in [0.15, 0.2) is 30.3 Å². The molecule has 1 rings (SSSR count). The Hall–Kier alpha value is -1.56. The summed E-state index contributed by atoms with van der Waals surface area (Å²) in [4.78, 5) is 10.9. The van der Waals surface area contributed by atoms with E-state index in [2.05, 4.69) is 0 Å². The maximum Gasteiger partial charge on any atom is 0.389 e. The molecule has 1 N–H and O–H groups in total. The molecule has 0 aliphatic rings. The largest absolute Gasteiger partial charge is 0.479 e. The van der Waals surface area contributed by atoms with Gasteiger partial charge in [0.05, 0.1) is 0 Å². The lowest BCUT2D eigenvalue weighted by atomic mass is 10.1. The summed E-state index contributed by atoms with van der Waals surface area (Å²) in [5, 5.41) is 8.94. The quantitative estimate of drug-likeness (QED) is 0.801. The molecule has 0 saturated carbocycles. The minimum Gasteiger partial charge on any atom is -0.479 e. The molecular formula is C12H13F3O3. The Morgan fingerprint density at radius 1 is 1.28 bits per heavy atom. The number of benzene rings is 1. The summed E-state index contributed by atoms with van der Waals surface area (Å²) < 4.78 is 40.7. The molecule has 0 spiro atoms. The second kappa shape index (κ2) is 6.39. The van der Waals surface area contributed by atoms with Crippen molar-refractivity contribution in [2.24, 2.45) is 0 Å². The standard InChI is InChI=1S/C12H13F3O3/c13-12(14,15)7-4-8-18-10(11(16)17)9-5-2-1-3-6-9/h1-3,5-6,10H,4,7-8H2,(H,16,17). The van der Waals surface area contributed by atoms with Crippen molar-refractivity contribution < 1.29 is 27.8 Å². The van der Waals surface area contributed by atoms with Gasteiger partial charge >= 0.3 is 12.1 Å². The zero-order chi connectivity index (χ0) is 13.6. The van der Waals surface area contributed by atoms with Gasteiger partial charge in [-0.1, -0.05) is 30.3 Å². The molecule has 1 aromatic carbocycles. The number of rotatable bonds is 6. The fourth-order valence-corrected chi connectivity index (χ4v) is 1.41. The van der Waals surface area contributed by atoms with Crippen LogP contribution in [-0.4, -0.2) is 23.9 Å². The fraction of sp³-hybridized carbons (Fsp3) is 0.417. The van der Waals surface area contributed by atoms with Crippen molar-refractivity contribution in [2.45, 2.75) is 25.1 Å². The van der Waals surface area contributed by atoms with E-state index in [4.69, 9.17) is 9.84 Å². The molecule has 0 aliphatic carbocycles. The van der Waals surface area contributed by atoms with E-state index in [1.807, 2.05) is 0 Å². The predicted molar refractivity (Wildman–Crippen MR) is 58.1 cm³/mol. The summed E-state index contributed by atoms with van der Waals surface area (Å²) in [6.45, 7) is -0.245. The SMILES string of the molecule is O=C(O)C(OCCCC(F)(F)F)c1ccccc1. The Balaban J connectivity index is 2.48. The number of carboxylic acid groups (broad SMARTS) is 1. The molecule has 0 amide bonds. The van der Waals surface area contributed by atoms with Crippen LogP contribution in [0.1, 0.15) is 24.5 Å². The van der Waals surface area contributed by atoms with Gasteiger partial charge in [0.1, 0.15) is 0 Å². The number of hydrogen-bond acceptors (Lipinski definition) is 2. The van der Waals surface area contributed by atoms with Crippen LogP contribution in [0.5, 0.6) is 0 Å². The van der Waals surface area contributed by atoms with Crippen LogP contribution in [0.25, 0.3) is 0 Å². The number of hydrogen-bond donors (Lipinski definition) is 1. The van der Waals surface area contributed by atoms with Crippen molar-refractivity contribution >= 4 is 5.97 Å². The number of aliphatic carboxylic acids is 1. The minimum absolute atomic E-state index is 0.245. The molecule has 0 aromatic heterocycles. The Labute approximate surface area is 102 Å². The second-order valence-corrected chi connectivity index (χ2v) is 3.72. The van der Waals surface area contributed by atoms with E-state index in [0.717, 1.165) is 0 Å². The molecule has 0 radical (unpaired) electrons. The normalized spacial score (nSPS) is 13.3. The van der Waals surface area contributed by atoms with Gasteiger partial charge in [-0.25, -0.2) is 4.79 Å². The monoisotopic (exact) mass is 262 g/mol. The third kappa shape index (κ3) is 5.18. The van der Waals surface area contributed by atoms with Gasteiger partial charge in [0.2, 0.25) is 0 Å². The predicted octanol–water partition coefficient (Wildman–Crippen LogP) is 3.17. The van der Waals surface area contributed by atoms with Crippen molar-refractivity contribution in [1.82, 2.24) is 0 Å². The highest BCUT2D eigenvalue weighted by atomic mass is 19.4. The summed E-state index contributed by atoms with van der Waals surface area (Å²) in [6.07, 6.45) is -6.69. The Morgan fingerprint density at radius 3 is 2.39 bits per heavy atom. The number of carboxylic acids is 1. The first-order chi connectivity index (χ1) is 8.40. The number of carbonyl (C=O) groups is 1. The lowest BCUT2D eigenvalue weighted by molar-refractivity contribution is -0.153.